The van der Waals surface area contributed by atoms with E-state index in [4.69, 9.17) is 5.73 Å². The molecule has 2 N–H and O–H groups in total. The van der Waals surface area contributed by atoms with Crippen LogP contribution in [0.4, 0.5) is 4.79 Å². The maximum atomic E-state index is 11.2. The number of hydrogen-bond donors (Lipinski definition) is 1. The van der Waals surface area contributed by atoms with Crippen molar-refractivity contribution in [2.24, 2.45) is 5.73 Å². The number of amides is 1. The fourth-order valence-electron chi connectivity index (χ4n) is 1.03. The van der Waals surface area contributed by atoms with Gasteiger partial charge in [0.25, 0.3) is 0 Å². The van der Waals surface area contributed by atoms with Crippen LogP contribution in [0.5, 0.6) is 0 Å². The summed E-state index contributed by atoms with van der Waals surface area (Å²) in [6, 6.07) is 9.23. The summed E-state index contributed by atoms with van der Waals surface area (Å²) in [6.07, 6.45) is -0.667. The van der Waals surface area contributed by atoms with E-state index in [-0.39, 0.29) is 18.8 Å². The van der Waals surface area contributed by atoms with Crippen molar-refractivity contribution in [1.29, 1.82) is 0 Å². The van der Waals surface area contributed by atoms with Gasteiger partial charge in [0.05, 0.1) is 0 Å². The van der Waals surface area contributed by atoms with E-state index in [1.807, 2.05) is 30.3 Å². The average molecular weight is 193 g/mol. The van der Waals surface area contributed by atoms with Crippen LogP contribution in [-0.2, 0) is 16.0 Å². The molecule has 4 heteroatoms. The Morgan fingerprint density at radius 2 is 1.86 bits per heavy atom. The Balaban J connectivity index is 2.38. The van der Waals surface area contributed by atoms with E-state index < -0.39 is 6.09 Å². The molecule has 14 heavy (non-hydrogen) atoms. The molecule has 0 saturated carbocycles. The molecular formula is C10H11NO3. The van der Waals surface area contributed by atoms with Crippen molar-refractivity contribution in [3.05, 3.63) is 35.9 Å². The third-order valence-corrected chi connectivity index (χ3v) is 1.62. The van der Waals surface area contributed by atoms with Gasteiger partial charge >= 0.3 is 6.09 Å². The fraction of sp³-hybridized carbons (Fsp3) is 0.200. The number of carbonyl (C=O) groups excluding carboxylic acids is 2. The first-order chi connectivity index (χ1) is 6.68. The number of hydrogen-bond acceptors (Lipinski definition) is 3. The van der Waals surface area contributed by atoms with Crippen LogP contribution in [0.15, 0.2) is 30.3 Å². The topological polar surface area (TPSA) is 69.4 Å². The second kappa shape index (κ2) is 5.01. The first-order valence-electron chi connectivity index (χ1n) is 4.16. The fourth-order valence-corrected chi connectivity index (χ4v) is 1.03. The number of ether oxygens (including phenoxy) is 1. The molecule has 0 spiro atoms. The first kappa shape index (κ1) is 10.2. The maximum absolute atomic E-state index is 11.2. The van der Waals surface area contributed by atoms with Crippen LogP contribution in [0.1, 0.15) is 5.56 Å². The van der Waals surface area contributed by atoms with E-state index >= 15 is 0 Å². The lowest BCUT2D eigenvalue weighted by atomic mass is 10.1. The molecule has 0 aliphatic carbocycles. The number of rotatable bonds is 4. The quantitative estimate of drug-likeness (QED) is 0.772. The zero-order valence-corrected chi connectivity index (χ0v) is 7.60. The Hall–Kier alpha value is -1.84. The van der Waals surface area contributed by atoms with E-state index in [0.717, 1.165) is 5.56 Å². The second-order valence-corrected chi connectivity index (χ2v) is 2.81. The highest BCUT2D eigenvalue weighted by molar-refractivity contribution is 5.83. The minimum absolute atomic E-state index is 0.171. The predicted molar refractivity (Wildman–Crippen MR) is 50.7 cm³/mol. The van der Waals surface area contributed by atoms with Crippen molar-refractivity contribution in [1.82, 2.24) is 0 Å². The zero-order chi connectivity index (χ0) is 10.4. The van der Waals surface area contributed by atoms with Crippen LogP contribution >= 0.6 is 0 Å². The summed E-state index contributed by atoms with van der Waals surface area (Å²) in [5.41, 5.74) is 5.61. The minimum Gasteiger partial charge on any atom is -0.442 e. The van der Waals surface area contributed by atoms with Crippen LogP contribution in [-0.4, -0.2) is 18.5 Å². The highest BCUT2D eigenvalue weighted by Crippen LogP contribution is 2.00. The molecule has 0 unspecified atom stereocenters. The standard InChI is InChI=1S/C10H11NO3/c11-10(13)14-7-9(12)6-8-4-2-1-3-5-8/h1-5H,6-7H2,(H2,11,13). The van der Waals surface area contributed by atoms with Gasteiger partial charge in [0, 0.05) is 6.42 Å². The van der Waals surface area contributed by atoms with Crippen molar-refractivity contribution in [3.8, 4) is 0 Å². The van der Waals surface area contributed by atoms with Crippen LogP contribution in [0.3, 0.4) is 0 Å². The van der Waals surface area contributed by atoms with E-state index in [2.05, 4.69) is 4.74 Å². The van der Waals surface area contributed by atoms with Gasteiger partial charge < -0.3 is 10.5 Å². The van der Waals surface area contributed by atoms with Gasteiger partial charge in [-0.15, -0.1) is 0 Å². The van der Waals surface area contributed by atoms with E-state index in [9.17, 15) is 9.59 Å². The molecule has 74 valence electrons. The normalized spacial score (nSPS) is 9.43. The number of Topliss-reactive ketones (excluding diaryl/α,β-unsaturated/α-hetero) is 1. The molecule has 0 heterocycles. The summed E-state index contributed by atoms with van der Waals surface area (Å²) in [7, 11) is 0. The maximum Gasteiger partial charge on any atom is 0.404 e. The average Bonchev–Trinajstić information content (AvgIpc) is 2.16. The van der Waals surface area contributed by atoms with Crippen molar-refractivity contribution >= 4 is 11.9 Å². The third-order valence-electron chi connectivity index (χ3n) is 1.62. The molecule has 0 aliphatic heterocycles. The van der Waals surface area contributed by atoms with Crippen molar-refractivity contribution in [2.75, 3.05) is 6.61 Å². The largest absolute Gasteiger partial charge is 0.442 e. The molecule has 0 aliphatic rings. The Bertz CT molecular complexity index is 321. The summed E-state index contributed by atoms with van der Waals surface area (Å²) in [5.74, 6) is -0.171. The lowest BCUT2D eigenvalue weighted by Crippen LogP contribution is -2.19. The smallest absolute Gasteiger partial charge is 0.404 e. The van der Waals surface area contributed by atoms with Gasteiger partial charge in [-0.3, -0.25) is 4.79 Å². The van der Waals surface area contributed by atoms with Crippen LogP contribution in [0.25, 0.3) is 0 Å². The third kappa shape index (κ3) is 3.71. The highest BCUT2D eigenvalue weighted by atomic mass is 16.5. The summed E-state index contributed by atoms with van der Waals surface area (Å²) in [5, 5.41) is 0. The van der Waals surface area contributed by atoms with Crippen LogP contribution in [0, 0.1) is 0 Å². The Labute approximate surface area is 81.7 Å². The summed E-state index contributed by atoms with van der Waals surface area (Å²) in [4.78, 5) is 21.4. The van der Waals surface area contributed by atoms with Gasteiger partial charge in [-0.2, -0.15) is 0 Å². The number of ketones is 1. The summed E-state index contributed by atoms with van der Waals surface area (Å²) >= 11 is 0. The molecule has 0 aromatic heterocycles. The number of primary amides is 1. The zero-order valence-electron chi connectivity index (χ0n) is 7.60. The molecule has 4 nitrogen and oxygen atoms in total. The molecule has 1 amide bonds. The summed E-state index contributed by atoms with van der Waals surface area (Å²) < 4.78 is 4.37. The van der Waals surface area contributed by atoms with Gasteiger partial charge in [0.1, 0.15) is 0 Å². The SMILES string of the molecule is NC(=O)OCC(=O)Cc1ccccc1. The Morgan fingerprint density at radius 1 is 1.21 bits per heavy atom. The highest BCUT2D eigenvalue weighted by Gasteiger charge is 2.05. The summed E-state index contributed by atoms with van der Waals surface area (Å²) in [6.45, 7) is -0.260. The van der Waals surface area contributed by atoms with E-state index in [1.54, 1.807) is 0 Å². The van der Waals surface area contributed by atoms with Crippen LogP contribution in [0.2, 0.25) is 0 Å². The van der Waals surface area contributed by atoms with Gasteiger partial charge in [-0.1, -0.05) is 30.3 Å². The minimum atomic E-state index is -0.925. The number of carbonyl (C=O) groups is 2. The molecule has 0 atom stereocenters. The molecule has 0 radical (unpaired) electrons. The molecule has 1 rings (SSSR count). The molecule has 0 saturated heterocycles. The molecule has 1 aromatic carbocycles. The lowest BCUT2D eigenvalue weighted by Gasteiger charge is -2.00. The van der Waals surface area contributed by atoms with Gasteiger partial charge in [0.2, 0.25) is 0 Å². The van der Waals surface area contributed by atoms with Gasteiger partial charge in [0.15, 0.2) is 12.4 Å². The van der Waals surface area contributed by atoms with Gasteiger partial charge in [-0.25, -0.2) is 4.79 Å². The van der Waals surface area contributed by atoms with E-state index in [1.165, 1.54) is 0 Å². The number of nitrogens with two attached hydrogens (primary N) is 1. The molecular weight excluding hydrogens is 182 g/mol. The molecule has 1 aromatic rings. The Kier molecular flexibility index (Phi) is 3.67. The van der Waals surface area contributed by atoms with Crippen molar-refractivity contribution in [3.63, 3.8) is 0 Å². The number of benzene rings is 1. The monoisotopic (exact) mass is 193 g/mol. The predicted octanol–water partition coefficient (Wildman–Crippen LogP) is 0.893. The molecule has 0 fully saturated rings. The second-order valence-electron chi connectivity index (χ2n) is 2.81. The van der Waals surface area contributed by atoms with Crippen LogP contribution < -0.4 is 5.73 Å². The first-order valence-corrected chi connectivity index (χ1v) is 4.16. The molecule has 0 bridgehead atoms. The van der Waals surface area contributed by atoms with E-state index in [0.29, 0.717) is 0 Å². The lowest BCUT2D eigenvalue weighted by molar-refractivity contribution is -0.121. The Morgan fingerprint density at radius 3 is 2.43 bits per heavy atom. The van der Waals surface area contributed by atoms with Crippen molar-refractivity contribution in [2.45, 2.75) is 6.42 Å². The van der Waals surface area contributed by atoms with Gasteiger partial charge in [-0.05, 0) is 5.56 Å². The van der Waals surface area contributed by atoms with Crippen molar-refractivity contribution < 1.29 is 14.3 Å².